The van der Waals surface area contributed by atoms with E-state index in [0.29, 0.717) is 18.7 Å². The highest BCUT2D eigenvalue weighted by Crippen LogP contribution is 2.36. The fourth-order valence-electron chi connectivity index (χ4n) is 3.76. The van der Waals surface area contributed by atoms with Crippen LogP contribution >= 0.6 is 0 Å². The number of pyridine rings is 1. The SMILES string of the molecule is Cn1cccc1C(=O)N1CCC2C1CC(=O)N2c1cccnc1. The van der Waals surface area contributed by atoms with Crippen molar-refractivity contribution in [2.75, 3.05) is 11.4 Å². The van der Waals surface area contributed by atoms with Crippen LogP contribution in [0.15, 0.2) is 42.9 Å². The van der Waals surface area contributed by atoms with Gasteiger partial charge in [0.15, 0.2) is 0 Å². The highest BCUT2D eigenvalue weighted by Gasteiger charge is 2.49. The molecule has 2 aliphatic rings. The summed E-state index contributed by atoms with van der Waals surface area (Å²) in [4.78, 5) is 33.0. The summed E-state index contributed by atoms with van der Waals surface area (Å²) in [6.07, 6.45) is 6.46. The van der Waals surface area contributed by atoms with Crippen molar-refractivity contribution in [3.8, 4) is 0 Å². The van der Waals surface area contributed by atoms with Crippen LogP contribution in [0.25, 0.3) is 0 Å². The third kappa shape index (κ3) is 2.13. The Labute approximate surface area is 134 Å². The molecule has 0 bridgehead atoms. The van der Waals surface area contributed by atoms with Gasteiger partial charge in [-0.25, -0.2) is 0 Å². The molecule has 0 aliphatic carbocycles. The topological polar surface area (TPSA) is 58.4 Å². The van der Waals surface area contributed by atoms with Crippen molar-refractivity contribution in [2.24, 2.45) is 7.05 Å². The number of nitrogens with zero attached hydrogens (tertiary/aromatic N) is 4. The molecule has 6 heteroatoms. The molecule has 2 saturated heterocycles. The molecule has 2 aromatic heterocycles. The van der Waals surface area contributed by atoms with Crippen molar-refractivity contribution in [1.29, 1.82) is 0 Å². The third-order valence-electron chi connectivity index (χ3n) is 4.84. The Hall–Kier alpha value is -2.63. The molecule has 0 saturated carbocycles. The van der Waals surface area contributed by atoms with E-state index in [0.717, 1.165) is 12.1 Å². The second-order valence-electron chi connectivity index (χ2n) is 6.11. The van der Waals surface area contributed by atoms with Gasteiger partial charge in [0.25, 0.3) is 5.91 Å². The number of hydrogen-bond acceptors (Lipinski definition) is 3. The van der Waals surface area contributed by atoms with Crippen molar-refractivity contribution in [3.05, 3.63) is 48.5 Å². The summed E-state index contributed by atoms with van der Waals surface area (Å²) in [6.45, 7) is 0.684. The van der Waals surface area contributed by atoms with Crippen molar-refractivity contribution in [3.63, 3.8) is 0 Å². The Kier molecular flexibility index (Phi) is 3.18. The predicted octanol–water partition coefficient (Wildman–Crippen LogP) is 1.44. The first-order chi connectivity index (χ1) is 11.2. The van der Waals surface area contributed by atoms with Gasteiger partial charge >= 0.3 is 0 Å². The zero-order chi connectivity index (χ0) is 16.0. The van der Waals surface area contributed by atoms with Gasteiger partial charge in [-0.2, -0.15) is 0 Å². The highest BCUT2D eigenvalue weighted by molar-refractivity contribution is 5.99. The lowest BCUT2D eigenvalue weighted by Crippen LogP contribution is -2.40. The van der Waals surface area contributed by atoms with E-state index in [1.165, 1.54) is 0 Å². The molecule has 2 aromatic rings. The highest BCUT2D eigenvalue weighted by atomic mass is 16.2. The van der Waals surface area contributed by atoms with Crippen LogP contribution in [0.2, 0.25) is 0 Å². The van der Waals surface area contributed by atoms with E-state index in [9.17, 15) is 9.59 Å². The van der Waals surface area contributed by atoms with Gasteiger partial charge in [-0.3, -0.25) is 14.6 Å². The smallest absolute Gasteiger partial charge is 0.270 e. The molecule has 0 radical (unpaired) electrons. The number of likely N-dealkylation sites (tertiary alicyclic amines) is 1. The van der Waals surface area contributed by atoms with Gasteiger partial charge in [0.1, 0.15) is 5.69 Å². The molecule has 0 spiro atoms. The predicted molar refractivity (Wildman–Crippen MR) is 85.0 cm³/mol. The van der Waals surface area contributed by atoms with Crippen molar-refractivity contribution < 1.29 is 9.59 Å². The van der Waals surface area contributed by atoms with E-state index in [1.807, 2.05) is 51.9 Å². The summed E-state index contributed by atoms with van der Waals surface area (Å²) >= 11 is 0. The molecule has 6 nitrogen and oxygen atoms in total. The number of aromatic nitrogens is 2. The molecule has 2 unspecified atom stereocenters. The third-order valence-corrected chi connectivity index (χ3v) is 4.84. The fourth-order valence-corrected chi connectivity index (χ4v) is 3.76. The quantitative estimate of drug-likeness (QED) is 0.843. The Morgan fingerprint density at radius 3 is 2.83 bits per heavy atom. The average Bonchev–Trinajstić information content (AvgIpc) is 3.22. The summed E-state index contributed by atoms with van der Waals surface area (Å²) in [5, 5.41) is 0. The first-order valence-corrected chi connectivity index (χ1v) is 7.81. The van der Waals surface area contributed by atoms with Crippen LogP contribution in [0.3, 0.4) is 0 Å². The first kappa shape index (κ1) is 14.0. The van der Waals surface area contributed by atoms with Crippen molar-refractivity contribution in [2.45, 2.75) is 24.9 Å². The monoisotopic (exact) mass is 310 g/mol. The summed E-state index contributed by atoms with van der Waals surface area (Å²) in [5.41, 5.74) is 1.48. The summed E-state index contributed by atoms with van der Waals surface area (Å²) < 4.78 is 1.82. The number of carbonyl (C=O) groups is 2. The van der Waals surface area contributed by atoms with E-state index in [1.54, 1.807) is 12.4 Å². The molecule has 4 heterocycles. The Bertz CT molecular complexity index is 755. The number of fused-ring (bicyclic) bond motifs is 1. The lowest BCUT2D eigenvalue weighted by atomic mass is 10.1. The number of amides is 2. The Morgan fingerprint density at radius 2 is 2.13 bits per heavy atom. The molecular formula is C17H18N4O2. The largest absolute Gasteiger partial charge is 0.347 e. The Morgan fingerprint density at radius 1 is 1.26 bits per heavy atom. The number of aryl methyl sites for hydroxylation is 1. The number of anilines is 1. The maximum absolute atomic E-state index is 12.8. The maximum atomic E-state index is 12.8. The number of carbonyl (C=O) groups excluding carboxylic acids is 2. The zero-order valence-corrected chi connectivity index (χ0v) is 12.9. The molecule has 4 rings (SSSR count). The van der Waals surface area contributed by atoms with Gasteiger partial charge in [0, 0.05) is 32.4 Å². The number of rotatable bonds is 2. The molecule has 118 valence electrons. The molecule has 2 atom stereocenters. The molecular weight excluding hydrogens is 292 g/mol. The molecule has 2 amide bonds. The van der Waals surface area contributed by atoms with Gasteiger partial charge < -0.3 is 14.4 Å². The van der Waals surface area contributed by atoms with Crippen LogP contribution < -0.4 is 4.90 Å². The summed E-state index contributed by atoms with van der Waals surface area (Å²) in [5.74, 6) is 0.0724. The van der Waals surface area contributed by atoms with Crippen molar-refractivity contribution >= 4 is 17.5 Å². The second kappa shape index (κ2) is 5.22. The molecule has 2 aliphatic heterocycles. The van der Waals surface area contributed by atoms with Gasteiger partial charge in [-0.1, -0.05) is 0 Å². The molecule has 0 N–H and O–H groups in total. The maximum Gasteiger partial charge on any atom is 0.270 e. The zero-order valence-electron chi connectivity index (χ0n) is 12.9. The minimum Gasteiger partial charge on any atom is -0.347 e. The molecule has 2 fully saturated rings. The van der Waals surface area contributed by atoms with E-state index < -0.39 is 0 Å². The first-order valence-electron chi connectivity index (χ1n) is 7.81. The van der Waals surface area contributed by atoms with Crippen LogP contribution in [-0.2, 0) is 11.8 Å². The normalized spacial score (nSPS) is 23.4. The lowest BCUT2D eigenvalue weighted by Gasteiger charge is -2.25. The van der Waals surface area contributed by atoms with Crippen LogP contribution in [-0.4, -0.2) is 44.9 Å². The fraction of sp³-hybridized carbons (Fsp3) is 0.353. The van der Waals surface area contributed by atoms with Crippen LogP contribution in [0, 0.1) is 0 Å². The van der Waals surface area contributed by atoms with Gasteiger partial charge in [0.05, 0.1) is 24.0 Å². The Balaban J connectivity index is 1.61. The van der Waals surface area contributed by atoms with Crippen LogP contribution in [0.1, 0.15) is 23.3 Å². The summed E-state index contributed by atoms with van der Waals surface area (Å²) in [7, 11) is 1.86. The molecule has 23 heavy (non-hydrogen) atoms. The van der Waals surface area contributed by atoms with Crippen molar-refractivity contribution in [1.82, 2.24) is 14.5 Å². The second-order valence-corrected chi connectivity index (χ2v) is 6.11. The van der Waals surface area contributed by atoms with E-state index in [-0.39, 0.29) is 23.9 Å². The van der Waals surface area contributed by atoms with Gasteiger partial charge in [-0.15, -0.1) is 0 Å². The van der Waals surface area contributed by atoms with Gasteiger partial charge in [-0.05, 0) is 30.7 Å². The van der Waals surface area contributed by atoms with E-state index >= 15 is 0 Å². The minimum absolute atomic E-state index is 0.00540. The van der Waals surface area contributed by atoms with E-state index in [2.05, 4.69) is 4.98 Å². The number of hydrogen-bond donors (Lipinski definition) is 0. The minimum atomic E-state index is -0.0508. The van der Waals surface area contributed by atoms with E-state index in [4.69, 9.17) is 0 Å². The molecule has 0 aromatic carbocycles. The standard InChI is InChI=1S/C17H18N4O2/c1-19-8-3-5-14(19)17(23)20-9-6-13-15(20)10-16(22)21(13)12-4-2-7-18-11-12/h2-5,7-8,11,13,15H,6,9-10H2,1H3. The lowest BCUT2D eigenvalue weighted by molar-refractivity contribution is -0.117. The average molecular weight is 310 g/mol. The van der Waals surface area contributed by atoms with Crippen LogP contribution in [0.5, 0.6) is 0 Å². The summed E-state index contributed by atoms with van der Waals surface area (Å²) in [6, 6.07) is 7.42. The van der Waals surface area contributed by atoms with Crippen LogP contribution in [0.4, 0.5) is 5.69 Å². The van der Waals surface area contributed by atoms with Gasteiger partial charge in [0.2, 0.25) is 5.91 Å².